The molecule has 0 saturated carbocycles. The smallest absolute Gasteiger partial charge is 0.265 e. The highest BCUT2D eigenvalue weighted by atomic mass is 32.2. The number of fused-ring (bicyclic) bond motifs is 1. The second-order valence-corrected chi connectivity index (χ2v) is 11.3. The third-order valence-corrected chi connectivity index (χ3v) is 9.21. The number of carbonyl (C=O) groups is 2. The van der Waals surface area contributed by atoms with Crippen LogP contribution in [0.2, 0.25) is 0 Å². The summed E-state index contributed by atoms with van der Waals surface area (Å²) in [5, 5.41) is 2.81. The number of aryl methyl sites for hydroxylation is 1. The molecule has 3 unspecified atom stereocenters. The van der Waals surface area contributed by atoms with Gasteiger partial charge in [0.05, 0.1) is 16.5 Å². The summed E-state index contributed by atoms with van der Waals surface area (Å²) < 4.78 is 34.5. The summed E-state index contributed by atoms with van der Waals surface area (Å²) in [6, 6.07) is 3.43. The maximum absolute atomic E-state index is 13.6. The van der Waals surface area contributed by atoms with Crippen molar-refractivity contribution in [2.75, 3.05) is 25.0 Å². The minimum Gasteiger partial charge on any atom is -0.478 e. The number of carbonyl (C=O) groups excluding carboxylic acids is 2. The fourth-order valence-corrected chi connectivity index (χ4v) is 7.03. The predicted octanol–water partition coefficient (Wildman–Crippen LogP) is 3.30. The molecule has 2 amide bonds. The molecule has 1 aromatic carbocycles. The first kappa shape index (κ1) is 24.0. The molecule has 8 nitrogen and oxygen atoms in total. The van der Waals surface area contributed by atoms with Gasteiger partial charge in [-0.25, -0.2) is 8.42 Å². The number of nitrogens with zero attached hydrogens (tertiary/aromatic N) is 2. The van der Waals surface area contributed by atoms with Crippen molar-refractivity contribution >= 4 is 27.5 Å². The molecule has 9 heteroatoms. The molecule has 2 saturated heterocycles. The minimum absolute atomic E-state index is 0.0976. The van der Waals surface area contributed by atoms with Crippen molar-refractivity contribution in [3.63, 3.8) is 0 Å². The number of anilines is 1. The van der Waals surface area contributed by atoms with Gasteiger partial charge in [-0.3, -0.25) is 9.59 Å². The lowest BCUT2D eigenvalue weighted by atomic mass is 9.93. The summed E-state index contributed by atoms with van der Waals surface area (Å²) in [5.74, 6) is -0.0612. The Labute approximate surface area is 196 Å². The van der Waals surface area contributed by atoms with E-state index in [4.69, 9.17) is 4.74 Å². The first-order valence-electron chi connectivity index (χ1n) is 12.2. The number of rotatable bonds is 5. The van der Waals surface area contributed by atoms with E-state index in [-0.39, 0.29) is 35.2 Å². The van der Waals surface area contributed by atoms with E-state index >= 15 is 0 Å². The van der Waals surface area contributed by atoms with E-state index < -0.39 is 16.1 Å². The van der Waals surface area contributed by atoms with E-state index in [1.165, 1.54) is 10.4 Å². The van der Waals surface area contributed by atoms with E-state index in [1.807, 2.05) is 11.8 Å². The topological polar surface area (TPSA) is 96.0 Å². The lowest BCUT2D eigenvalue weighted by molar-refractivity contribution is -0.140. The molecule has 1 aromatic rings. The third-order valence-electron chi connectivity index (χ3n) is 7.20. The lowest BCUT2D eigenvalue weighted by Gasteiger charge is -2.40. The standard InChI is InChI=1S/C24H35N3O5S/c1-4-18-10-6-7-12-27(18)24(29)17-9-8-11-26(15-17)33(30,31)22-14-21-19(13-16(22)3)25-23(28)20(5-2)32-21/h13-14,17-18,20H,4-12,15H2,1-3H3,(H,25,28). The molecular formula is C24H35N3O5S. The number of ether oxygens (including phenoxy) is 1. The van der Waals surface area contributed by atoms with Crippen molar-refractivity contribution in [2.45, 2.75) is 82.8 Å². The number of amides is 2. The Bertz CT molecular complexity index is 1030. The Balaban J connectivity index is 1.56. The van der Waals surface area contributed by atoms with Crippen molar-refractivity contribution in [1.29, 1.82) is 0 Å². The molecule has 2 fully saturated rings. The van der Waals surface area contributed by atoms with Crippen molar-refractivity contribution in [3.8, 4) is 5.75 Å². The molecule has 3 atom stereocenters. The normalized spacial score (nSPS) is 26.3. The van der Waals surface area contributed by atoms with Gasteiger partial charge in [0, 0.05) is 31.7 Å². The molecule has 0 spiro atoms. The van der Waals surface area contributed by atoms with Crippen molar-refractivity contribution in [3.05, 3.63) is 17.7 Å². The van der Waals surface area contributed by atoms with Gasteiger partial charge in [0.2, 0.25) is 15.9 Å². The van der Waals surface area contributed by atoms with Crippen LogP contribution in [0.15, 0.2) is 17.0 Å². The molecule has 0 bridgehead atoms. The van der Waals surface area contributed by atoms with Crippen LogP contribution in [-0.4, -0.2) is 61.2 Å². The molecular weight excluding hydrogens is 442 g/mol. The van der Waals surface area contributed by atoms with Crippen molar-refractivity contribution < 1.29 is 22.7 Å². The minimum atomic E-state index is -3.81. The molecule has 3 aliphatic rings. The first-order chi connectivity index (χ1) is 15.8. The predicted molar refractivity (Wildman–Crippen MR) is 126 cm³/mol. The zero-order chi connectivity index (χ0) is 23.8. The second-order valence-electron chi connectivity index (χ2n) is 9.41. The summed E-state index contributed by atoms with van der Waals surface area (Å²) in [4.78, 5) is 27.6. The van der Waals surface area contributed by atoms with Gasteiger partial charge in [-0.1, -0.05) is 13.8 Å². The average Bonchev–Trinajstić information content (AvgIpc) is 2.82. The highest BCUT2D eigenvalue weighted by Crippen LogP contribution is 2.37. The summed E-state index contributed by atoms with van der Waals surface area (Å²) in [6.45, 7) is 7.05. The third kappa shape index (κ3) is 4.62. The van der Waals surface area contributed by atoms with Crippen LogP contribution in [0, 0.1) is 12.8 Å². The van der Waals surface area contributed by atoms with Gasteiger partial charge >= 0.3 is 0 Å². The van der Waals surface area contributed by atoms with Crippen LogP contribution in [0.25, 0.3) is 0 Å². The second kappa shape index (κ2) is 9.62. The van der Waals surface area contributed by atoms with Gasteiger partial charge in [0.1, 0.15) is 5.75 Å². The number of benzene rings is 1. The van der Waals surface area contributed by atoms with Crippen LogP contribution in [0.5, 0.6) is 5.75 Å². The van der Waals surface area contributed by atoms with Gasteiger partial charge in [-0.2, -0.15) is 4.31 Å². The first-order valence-corrected chi connectivity index (χ1v) is 13.6. The van der Waals surface area contributed by atoms with Crippen molar-refractivity contribution in [1.82, 2.24) is 9.21 Å². The number of sulfonamides is 1. The molecule has 182 valence electrons. The van der Waals surface area contributed by atoms with Crippen LogP contribution in [0.1, 0.15) is 64.4 Å². The molecule has 33 heavy (non-hydrogen) atoms. The number of likely N-dealkylation sites (tertiary alicyclic amines) is 1. The molecule has 0 aromatic heterocycles. The van der Waals surface area contributed by atoms with E-state index in [1.54, 1.807) is 13.0 Å². The molecule has 4 rings (SSSR count). The molecule has 1 N–H and O–H groups in total. The van der Waals surface area contributed by atoms with Gasteiger partial charge in [-0.05, 0) is 63.5 Å². The molecule has 3 heterocycles. The van der Waals surface area contributed by atoms with Gasteiger partial charge in [0.15, 0.2) is 6.10 Å². The Morgan fingerprint density at radius 1 is 1.12 bits per heavy atom. The van der Waals surface area contributed by atoms with Gasteiger partial charge < -0.3 is 15.0 Å². The summed E-state index contributed by atoms with van der Waals surface area (Å²) in [7, 11) is -3.81. The van der Waals surface area contributed by atoms with Gasteiger partial charge in [-0.15, -0.1) is 0 Å². The average molecular weight is 478 g/mol. The maximum Gasteiger partial charge on any atom is 0.265 e. The van der Waals surface area contributed by atoms with Crippen LogP contribution in [-0.2, 0) is 19.6 Å². The zero-order valence-electron chi connectivity index (χ0n) is 19.8. The fourth-order valence-electron chi connectivity index (χ4n) is 5.28. The number of piperidine rings is 2. The highest BCUT2D eigenvalue weighted by Gasteiger charge is 2.38. The van der Waals surface area contributed by atoms with Crippen LogP contribution >= 0.6 is 0 Å². The van der Waals surface area contributed by atoms with Gasteiger partial charge in [0.25, 0.3) is 5.91 Å². The maximum atomic E-state index is 13.6. The zero-order valence-corrected chi connectivity index (χ0v) is 20.6. The van der Waals surface area contributed by atoms with Crippen LogP contribution in [0.3, 0.4) is 0 Å². The van der Waals surface area contributed by atoms with E-state index in [9.17, 15) is 18.0 Å². The number of hydrogen-bond donors (Lipinski definition) is 1. The molecule has 3 aliphatic heterocycles. The molecule has 0 radical (unpaired) electrons. The van der Waals surface area contributed by atoms with E-state index in [0.717, 1.165) is 32.2 Å². The SMILES string of the molecule is CCC1Oc2cc(S(=O)(=O)N3CCCC(C(=O)N4CCCCC4CC)C3)c(C)cc2NC1=O. The largest absolute Gasteiger partial charge is 0.478 e. The summed E-state index contributed by atoms with van der Waals surface area (Å²) in [5.41, 5.74) is 1.03. The summed E-state index contributed by atoms with van der Waals surface area (Å²) >= 11 is 0. The Morgan fingerprint density at radius 2 is 1.91 bits per heavy atom. The Morgan fingerprint density at radius 3 is 2.64 bits per heavy atom. The van der Waals surface area contributed by atoms with E-state index in [0.29, 0.717) is 42.8 Å². The number of hydrogen-bond acceptors (Lipinski definition) is 5. The highest BCUT2D eigenvalue weighted by molar-refractivity contribution is 7.89. The number of nitrogens with one attached hydrogen (secondary N) is 1. The molecule has 0 aliphatic carbocycles. The Kier molecular flexibility index (Phi) is 7.00. The monoisotopic (exact) mass is 477 g/mol. The van der Waals surface area contributed by atoms with Crippen LogP contribution in [0.4, 0.5) is 5.69 Å². The van der Waals surface area contributed by atoms with E-state index in [2.05, 4.69) is 12.2 Å². The lowest BCUT2D eigenvalue weighted by Crippen LogP contribution is -2.51. The van der Waals surface area contributed by atoms with Crippen LogP contribution < -0.4 is 10.1 Å². The summed E-state index contributed by atoms with van der Waals surface area (Å²) in [6.07, 6.45) is 5.36. The Hall–Kier alpha value is -2.13. The quantitative estimate of drug-likeness (QED) is 0.702. The van der Waals surface area contributed by atoms with Crippen molar-refractivity contribution in [2.24, 2.45) is 5.92 Å². The fraction of sp³-hybridized carbons (Fsp3) is 0.667.